The van der Waals surface area contributed by atoms with E-state index < -0.39 is 0 Å². The number of hydrogen-bond acceptors (Lipinski definition) is 4. The molecule has 0 aliphatic carbocycles. The highest BCUT2D eigenvalue weighted by atomic mass is 32.2. The van der Waals surface area contributed by atoms with Gasteiger partial charge in [0.25, 0.3) is 5.91 Å². The Morgan fingerprint density at radius 2 is 2.23 bits per heavy atom. The summed E-state index contributed by atoms with van der Waals surface area (Å²) in [5.41, 5.74) is 1.06. The van der Waals surface area contributed by atoms with Gasteiger partial charge in [-0.3, -0.25) is 4.79 Å². The van der Waals surface area contributed by atoms with E-state index in [4.69, 9.17) is 4.52 Å². The maximum Gasteiger partial charge on any atom is 0.276 e. The van der Waals surface area contributed by atoms with Crippen molar-refractivity contribution >= 4 is 17.7 Å². The number of benzene rings is 1. The third-order valence-electron chi connectivity index (χ3n) is 3.73. The molecule has 1 saturated heterocycles. The first-order valence-electron chi connectivity index (χ1n) is 7.24. The zero-order valence-corrected chi connectivity index (χ0v) is 13.1. The molecule has 3 rings (SSSR count). The molecule has 1 aromatic heterocycles. The minimum atomic E-state index is -0.174. The van der Waals surface area contributed by atoms with Crippen molar-refractivity contribution in [2.75, 3.05) is 18.8 Å². The molecule has 116 valence electrons. The van der Waals surface area contributed by atoms with Crippen molar-refractivity contribution < 1.29 is 13.7 Å². The number of rotatable bonds is 2. The fourth-order valence-corrected chi connectivity index (χ4v) is 3.84. The van der Waals surface area contributed by atoms with E-state index in [0.29, 0.717) is 24.5 Å². The average Bonchev–Trinajstić information content (AvgIpc) is 2.81. The van der Waals surface area contributed by atoms with Gasteiger partial charge in [-0.2, -0.15) is 11.8 Å². The van der Waals surface area contributed by atoms with Crippen LogP contribution in [0.25, 0.3) is 0 Å². The fraction of sp³-hybridized carbons (Fsp3) is 0.375. The molecule has 6 heteroatoms. The molecule has 1 atom stereocenters. The topological polar surface area (TPSA) is 46.3 Å². The van der Waals surface area contributed by atoms with Crippen molar-refractivity contribution in [3.8, 4) is 0 Å². The number of carbonyl (C=O) groups is 1. The van der Waals surface area contributed by atoms with E-state index >= 15 is 0 Å². The van der Waals surface area contributed by atoms with Gasteiger partial charge in [-0.15, -0.1) is 0 Å². The summed E-state index contributed by atoms with van der Waals surface area (Å²) in [7, 11) is 0. The molecule has 0 saturated carbocycles. The second-order valence-electron chi connectivity index (χ2n) is 5.28. The summed E-state index contributed by atoms with van der Waals surface area (Å²) in [5.74, 6) is 1.11. The maximum atomic E-state index is 13.9. The third kappa shape index (κ3) is 3.16. The summed E-state index contributed by atoms with van der Waals surface area (Å²) in [6.45, 7) is 2.99. The van der Waals surface area contributed by atoms with Gasteiger partial charge >= 0.3 is 0 Å². The smallest absolute Gasteiger partial charge is 0.276 e. The Bertz CT molecular complexity index is 674. The van der Waals surface area contributed by atoms with Gasteiger partial charge in [0.05, 0.1) is 0 Å². The van der Waals surface area contributed by atoms with Gasteiger partial charge in [0, 0.05) is 35.7 Å². The van der Waals surface area contributed by atoms with Crippen LogP contribution in [0.2, 0.25) is 0 Å². The number of aryl methyl sites for hydroxylation is 1. The summed E-state index contributed by atoms with van der Waals surface area (Å²) >= 11 is 1.70. The second kappa shape index (κ2) is 6.52. The van der Waals surface area contributed by atoms with Gasteiger partial charge in [-0.25, -0.2) is 4.39 Å². The summed E-state index contributed by atoms with van der Waals surface area (Å²) in [4.78, 5) is 14.2. The van der Waals surface area contributed by atoms with Crippen molar-refractivity contribution in [3.63, 3.8) is 0 Å². The van der Waals surface area contributed by atoms with Crippen molar-refractivity contribution in [1.29, 1.82) is 0 Å². The number of aromatic nitrogens is 1. The van der Waals surface area contributed by atoms with Crippen LogP contribution in [-0.2, 0) is 0 Å². The summed E-state index contributed by atoms with van der Waals surface area (Å²) in [6, 6.07) is 8.51. The van der Waals surface area contributed by atoms with Crippen LogP contribution in [0.15, 0.2) is 34.9 Å². The number of halogens is 1. The van der Waals surface area contributed by atoms with E-state index in [-0.39, 0.29) is 17.0 Å². The highest BCUT2D eigenvalue weighted by molar-refractivity contribution is 7.99. The SMILES string of the molecule is Cc1cc(C(=O)N2CCSC(c3ccccc3F)CC2)no1. The number of thioether (sulfide) groups is 1. The number of nitrogens with zero attached hydrogens (tertiary/aromatic N) is 2. The molecule has 2 heterocycles. The molecule has 1 aliphatic heterocycles. The molecule has 4 nitrogen and oxygen atoms in total. The Hall–Kier alpha value is -1.82. The number of hydrogen-bond donors (Lipinski definition) is 0. The Morgan fingerprint density at radius 1 is 1.41 bits per heavy atom. The summed E-state index contributed by atoms with van der Waals surface area (Å²) in [5, 5.41) is 3.86. The van der Waals surface area contributed by atoms with Crippen molar-refractivity contribution in [3.05, 3.63) is 53.2 Å². The zero-order valence-electron chi connectivity index (χ0n) is 12.3. The lowest BCUT2D eigenvalue weighted by Gasteiger charge is -2.19. The lowest BCUT2D eigenvalue weighted by atomic mass is 10.1. The summed E-state index contributed by atoms with van der Waals surface area (Å²) < 4.78 is 18.9. The van der Waals surface area contributed by atoms with E-state index in [1.54, 1.807) is 35.7 Å². The molecule has 0 N–H and O–H groups in total. The molecular weight excluding hydrogens is 303 g/mol. The molecule has 2 aromatic rings. The van der Waals surface area contributed by atoms with Gasteiger partial charge in [0.1, 0.15) is 11.6 Å². The molecular formula is C16H17FN2O2S. The van der Waals surface area contributed by atoms with E-state index in [9.17, 15) is 9.18 Å². The van der Waals surface area contributed by atoms with Crippen molar-refractivity contribution in [1.82, 2.24) is 10.1 Å². The summed E-state index contributed by atoms with van der Waals surface area (Å²) in [6.07, 6.45) is 0.730. The maximum absolute atomic E-state index is 13.9. The van der Waals surface area contributed by atoms with Crippen molar-refractivity contribution in [2.24, 2.45) is 0 Å². The van der Waals surface area contributed by atoms with Gasteiger partial charge in [-0.05, 0) is 19.4 Å². The van der Waals surface area contributed by atoms with Crippen LogP contribution in [0.5, 0.6) is 0 Å². The predicted octanol–water partition coefficient (Wildman–Crippen LogP) is 3.44. The molecule has 1 aliphatic rings. The lowest BCUT2D eigenvalue weighted by molar-refractivity contribution is 0.0756. The molecule has 0 spiro atoms. The van der Waals surface area contributed by atoms with Crippen molar-refractivity contribution in [2.45, 2.75) is 18.6 Å². The van der Waals surface area contributed by atoms with Crippen LogP contribution >= 0.6 is 11.8 Å². The van der Waals surface area contributed by atoms with Gasteiger partial charge < -0.3 is 9.42 Å². The Morgan fingerprint density at radius 3 is 2.95 bits per heavy atom. The van der Waals surface area contributed by atoms with Crippen LogP contribution in [-0.4, -0.2) is 34.8 Å². The van der Waals surface area contributed by atoms with Crippen LogP contribution in [0.3, 0.4) is 0 Å². The van der Waals surface area contributed by atoms with E-state index in [1.807, 2.05) is 12.1 Å². The fourth-order valence-electron chi connectivity index (χ4n) is 2.59. The van der Waals surface area contributed by atoms with E-state index in [2.05, 4.69) is 5.16 Å². The molecule has 1 unspecified atom stereocenters. The highest BCUT2D eigenvalue weighted by Gasteiger charge is 2.25. The van der Waals surface area contributed by atoms with Gasteiger partial charge in [-0.1, -0.05) is 23.4 Å². The molecule has 1 amide bonds. The molecule has 1 aromatic carbocycles. The number of carbonyl (C=O) groups excluding carboxylic acids is 1. The normalized spacial score (nSPS) is 19.0. The first-order chi connectivity index (χ1) is 10.6. The standard InChI is InChI=1S/C16H17FN2O2S/c1-11-10-14(18-21-11)16(20)19-7-6-15(22-9-8-19)12-4-2-3-5-13(12)17/h2-5,10,15H,6-9H2,1H3. The quantitative estimate of drug-likeness (QED) is 0.850. The van der Waals surface area contributed by atoms with Crippen LogP contribution in [0, 0.1) is 12.7 Å². The van der Waals surface area contributed by atoms with Gasteiger partial charge in [0.2, 0.25) is 0 Å². The van der Waals surface area contributed by atoms with E-state index in [1.165, 1.54) is 6.07 Å². The highest BCUT2D eigenvalue weighted by Crippen LogP contribution is 2.35. The Labute approximate surface area is 132 Å². The first kappa shape index (κ1) is 15.1. The first-order valence-corrected chi connectivity index (χ1v) is 8.28. The molecule has 1 fully saturated rings. The Kier molecular flexibility index (Phi) is 4.47. The Balaban J connectivity index is 1.70. The van der Waals surface area contributed by atoms with Crippen LogP contribution in [0.1, 0.15) is 33.5 Å². The third-order valence-corrected chi connectivity index (χ3v) is 5.04. The molecule has 22 heavy (non-hydrogen) atoms. The average molecular weight is 320 g/mol. The van der Waals surface area contributed by atoms with Crippen LogP contribution < -0.4 is 0 Å². The predicted molar refractivity (Wildman–Crippen MR) is 83.4 cm³/mol. The largest absolute Gasteiger partial charge is 0.361 e. The monoisotopic (exact) mass is 320 g/mol. The lowest BCUT2D eigenvalue weighted by Crippen LogP contribution is -2.33. The minimum Gasteiger partial charge on any atom is -0.361 e. The second-order valence-corrected chi connectivity index (χ2v) is 6.60. The minimum absolute atomic E-state index is 0.0815. The molecule has 0 bridgehead atoms. The van der Waals surface area contributed by atoms with E-state index in [0.717, 1.165) is 17.7 Å². The molecule has 0 radical (unpaired) electrons. The zero-order chi connectivity index (χ0) is 15.5. The van der Waals surface area contributed by atoms with Gasteiger partial charge in [0.15, 0.2) is 5.69 Å². The number of amides is 1. The van der Waals surface area contributed by atoms with Crippen LogP contribution in [0.4, 0.5) is 4.39 Å².